The highest BCUT2D eigenvalue weighted by Gasteiger charge is 2.34. The second-order valence-electron chi connectivity index (χ2n) is 8.15. The lowest BCUT2D eigenvalue weighted by Gasteiger charge is -2.43. The van der Waals surface area contributed by atoms with Gasteiger partial charge in [-0.2, -0.15) is 4.31 Å². The van der Waals surface area contributed by atoms with Crippen molar-refractivity contribution in [3.8, 4) is 0 Å². The molecule has 0 radical (unpaired) electrons. The summed E-state index contributed by atoms with van der Waals surface area (Å²) in [5, 5.41) is 5.39. The quantitative estimate of drug-likeness (QED) is 0.715. The van der Waals surface area contributed by atoms with Gasteiger partial charge in [0.25, 0.3) is 0 Å². The van der Waals surface area contributed by atoms with Gasteiger partial charge < -0.3 is 5.32 Å². The zero-order valence-electron chi connectivity index (χ0n) is 17.5. The summed E-state index contributed by atoms with van der Waals surface area (Å²) in [6.07, 6.45) is 7.61. The third kappa shape index (κ3) is 5.73. The van der Waals surface area contributed by atoms with Crippen LogP contribution in [0, 0.1) is 5.92 Å². The smallest absolute Gasteiger partial charge is 0.236 e. The minimum Gasteiger partial charge on any atom is -0.317 e. The molecule has 2 aliphatic rings. The molecule has 1 aromatic heterocycles. The van der Waals surface area contributed by atoms with E-state index in [0.717, 1.165) is 44.6 Å². The van der Waals surface area contributed by atoms with Crippen molar-refractivity contribution in [2.24, 2.45) is 5.92 Å². The van der Waals surface area contributed by atoms with Crippen LogP contribution in [0.4, 0.5) is 0 Å². The molecule has 0 saturated carbocycles. The Kier molecular flexibility index (Phi) is 7.40. The number of aromatic nitrogens is 1. The van der Waals surface area contributed by atoms with Crippen molar-refractivity contribution < 1.29 is 8.42 Å². The first-order valence-corrected chi connectivity index (χ1v) is 12.7. The molecule has 6 nitrogen and oxygen atoms in total. The van der Waals surface area contributed by atoms with Gasteiger partial charge in [0.05, 0.1) is 0 Å². The van der Waals surface area contributed by atoms with E-state index >= 15 is 0 Å². The predicted molar refractivity (Wildman–Crippen MR) is 125 cm³/mol. The van der Waals surface area contributed by atoms with Gasteiger partial charge >= 0.3 is 0 Å². The third-order valence-electron chi connectivity index (χ3n) is 6.21. The van der Waals surface area contributed by atoms with E-state index in [1.807, 2.05) is 24.5 Å². The molecule has 166 valence electrons. The Labute approximate surface area is 190 Å². The largest absolute Gasteiger partial charge is 0.317 e. The lowest BCUT2D eigenvalue weighted by atomic mass is 9.85. The number of piperazine rings is 1. The SMILES string of the molecule is O=S(=O)(/C=C/c1ccc(Cl)cc1)N1CCN(C(c2ccncc2)C2CCNCC2)CC1. The Morgan fingerprint density at radius 1 is 1.00 bits per heavy atom. The highest BCUT2D eigenvalue weighted by molar-refractivity contribution is 7.92. The van der Waals surface area contributed by atoms with Crippen molar-refractivity contribution in [3.63, 3.8) is 0 Å². The van der Waals surface area contributed by atoms with Crippen molar-refractivity contribution >= 4 is 27.7 Å². The molecule has 1 aromatic carbocycles. The minimum atomic E-state index is -3.46. The Bertz CT molecular complexity index is 968. The number of rotatable bonds is 6. The fourth-order valence-corrected chi connectivity index (χ4v) is 5.86. The summed E-state index contributed by atoms with van der Waals surface area (Å²) in [6, 6.07) is 11.6. The number of hydrogen-bond donors (Lipinski definition) is 1. The molecule has 1 N–H and O–H groups in total. The van der Waals surface area contributed by atoms with Crippen LogP contribution in [0.2, 0.25) is 5.02 Å². The number of piperidine rings is 1. The van der Waals surface area contributed by atoms with E-state index in [-0.39, 0.29) is 0 Å². The molecule has 0 amide bonds. The van der Waals surface area contributed by atoms with Crippen LogP contribution >= 0.6 is 11.6 Å². The molecule has 2 saturated heterocycles. The van der Waals surface area contributed by atoms with Gasteiger partial charge in [-0.15, -0.1) is 0 Å². The van der Waals surface area contributed by atoms with Gasteiger partial charge in [-0.05, 0) is 73.3 Å². The molecule has 2 fully saturated rings. The van der Waals surface area contributed by atoms with Crippen LogP contribution < -0.4 is 5.32 Å². The van der Waals surface area contributed by atoms with E-state index in [2.05, 4.69) is 27.3 Å². The molecule has 8 heteroatoms. The van der Waals surface area contributed by atoms with Crippen LogP contribution in [0.3, 0.4) is 0 Å². The van der Waals surface area contributed by atoms with E-state index in [4.69, 9.17) is 11.6 Å². The Hall–Kier alpha value is -1.77. The van der Waals surface area contributed by atoms with Crippen molar-refractivity contribution in [1.29, 1.82) is 0 Å². The molecule has 1 atom stereocenters. The van der Waals surface area contributed by atoms with Gasteiger partial charge in [-0.3, -0.25) is 9.88 Å². The number of pyridine rings is 1. The topological polar surface area (TPSA) is 65.5 Å². The number of halogens is 1. The van der Waals surface area contributed by atoms with Crippen LogP contribution in [0.5, 0.6) is 0 Å². The first kappa shape index (κ1) is 22.4. The molecule has 31 heavy (non-hydrogen) atoms. The molecule has 0 spiro atoms. The lowest BCUT2D eigenvalue weighted by Crippen LogP contribution is -2.51. The number of benzene rings is 1. The first-order chi connectivity index (χ1) is 15.0. The average molecular weight is 461 g/mol. The van der Waals surface area contributed by atoms with Crippen molar-refractivity contribution in [1.82, 2.24) is 19.5 Å². The Balaban J connectivity index is 1.43. The maximum atomic E-state index is 12.9. The number of nitrogens with zero attached hydrogens (tertiary/aromatic N) is 3. The molecule has 2 aromatic rings. The van der Waals surface area contributed by atoms with Crippen LogP contribution in [-0.4, -0.2) is 61.9 Å². The number of nitrogens with one attached hydrogen (secondary N) is 1. The Morgan fingerprint density at radius 3 is 2.29 bits per heavy atom. The van der Waals surface area contributed by atoms with Crippen molar-refractivity contribution in [2.45, 2.75) is 18.9 Å². The van der Waals surface area contributed by atoms with Gasteiger partial charge in [0.1, 0.15) is 0 Å². The second kappa shape index (κ2) is 10.2. The van der Waals surface area contributed by atoms with Gasteiger partial charge in [-0.1, -0.05) is 23.7 Å². The molecule has 4 rings (SSSR count). The predicted octanol–water partition coefficient (Wildman–Crippen LogP) is 3.39. The molecule has 1 unspecified atom stereocenters. The summed E-state index contributed by atoms with van der Waals surface area (Å²) < 4.78 is 27.3. The van der Waals surface area contributed by atoms with E-state index in [1.54, 1.807) is 22.5 Å². The van der Waals surface area contributed by atoms with E-state index in [0.29, 0.717) is 30.1 Å². The number of hydrogen-bond acceptors (Lipinski definition) is 5. The van der Waals surface area contributed by atoms with Gasteiger partial charge in [0.2, 0.25) is 10.0 Å². The standard InChI is InChI=1S/C23H29ClN4O2S/c24-22-3-1-19(2-4-22)9-18-31(29,30)28-16-14-27(15-17-28)23(20-5-10-25-11-6-20)21-7-12-26-13-8-21/h1-6,9-11,18,21,23,26H,7-8,12-17H2/b18-9+. The zero-order chi connectivity index (χ0) is 21.7. The molecule has 0 bridgehead atoms. The summed E-state index contributed by atoms with van der Waals surface area (Å²) in [4.78, 5) is 6.64. The monoisotopic (exact) mass is 460 g/mol. The molecule has 0 aliphatic carbocycles. The Morgan fingerprint density at radius 2 is 1.65 bits per heavy atom. The molecular formula is C23H29ClN4O2S. The maximum Gasteiger partial charge on any atom is 0.236 e. The zero-order valence-corrected chi connectivity index (χ0v) is 19.1. The van der Waals surface area contributed by atoms with E-state index in [1.165, 1.54) is 11.0 Å². The highest BCUT2D eigenvalue weighted by Crippen LogP contribution is 2.35. The minimum absolute atomic E-state index is 0.305. The average Bonchev–Trinajstić information content (AvgIpc) is 2.81. The summed E-state index contributed by atoms with van der Waals surface area (Å²) in [7, 11) is -3.46. The fraction of sp³-hybridized carbons (Fsp3) is 0.435. The first-order valence-electron chi connectivity index (χ1n) is 10.8. The van der Waals surface area contributed by atoms with Crippen LogP contribution in [0.25, 0.3) is 6.08 Å². The van der Waals surface area contributed by atoms with Crippen LogP contribution in [-0.2, 0) is 10.0 Å². The highest BCUT2D eigenvalue weighted by atomic mass is 35.5. The lowest BCUT2D eigenvalue weighted by molar-refractivity contribution is 0.0855. The van der Waals surface area contributed by atoms with Crippen LogP contribution in [0.15, 0.2) is 54.2 Å². The van der Waals surface area contributed by atoms with Gasteiger partial charge in [-0.25, -0.2) is 8.42 Å². The van der Waals surface area contributed by atoms with Gasteiger partial charge in [0, 0.05) is 55.0 Å². The summed E-state index contributed by atoms with van der Waals surface area (Å²) in [6.45, 7) is 4.53. The summed E-state index contributed by atoms with van der Waals surface area (Å²) in [5.74, 6) is 0.566. The van der Waals surface area contributed by atoms with Crippen molar-refractivity contribution in [3.05, 3.63) is 70.3 Å². The molecule has 2 aliphatic heterocycles. The molecular weight excluding hydrogens is 432 g/mol. The summed E-state index contributed by atoms with van der Waals surface area (Å²) >= 11 is 5.90. The third-order valence-corrected chi connectivity index (χ3v) is 8.02. The second-order valence-corrected chi connectivity index (χ2v) is 10.4. The van der Waals surface area contributed by atoms with Crippen LogP contribution in [0.1, 0.15) is 30.0 Å². The van der Waals surface area contributed by atoms with E-state index in [9.17, 15) is 8.42 Å². The maximum absolute atomic E-state index is 12.9. The summed E-state index contributed by atoms with van der Waals surface area (Å²) in [5.41, 5.74) is 2.09. The fourth-order valence-electron chi connectivity index (χ4n) is 4.56. The number of sulfonamides is 1. The van der Waals surface area contributed by atoms with E-state index < -0.39 is 10.0 Å². The van der Waals surface area contributed by atoms with Crippen molar-refractivity contribution in [2.75, 3.05) is 39.3 Å². The molecule has 3 heterocycles. The van der Waals surface area contributed by atoms with Gasteiger partial charge in [0.15, 0.2) is 0 Å². The normalized spacial score (nSPS) is 20.8.